The Hall–Kier alpha value is -3.39. The van der Waals surface area contributed by atoms with E-state index in [1.807, 2.05) is 12.1 Å². The summed E-state index contributed by atoms with van der Waals surface area (Å²) in [5, 5.41) is 15.3. The standard InChI is InChI=1S/C25H30N4O4/c1-28(2)24(31)16-11-14-29(15-12-16)21-5-3-4-20-19(21)10-13-26-22(20)23(30)27-18-8-6-17(7-9-18)25(32)33/h3-9,16,22,26H,10-15H2,1-2H3,(H,27,30)(H,32,33). The Labute approximate surface area is 193 Å². The minimum atomic E-state index is -1.00. The summed E-state index contributed by atoms with van der Waals surface area (Å²) in [7, 11) is 3.61. The minimum Gasteiger partial charge on any atom is -0.478 e. The molecule has 8 heteroatoms. The summed E-state index contributed by atoms with van der Waals surface area (Å²) in [5.74, 6) is -0.907. The molecule has 174 valence electrons. The second-order valence-corrected chi connectivity index (χ2v) is 8.85. The van der Waals surface area contributed by atoms with Crippen LogP contribution in [-0.4, -0.2) is 61.5 Å². The van der Waals surface area contributed by atoms with Crippen molar-refractivity contribution in [1.29, 1.82) is 0 Å². The topological polar surface area (TPSA) is 102 Å². The summed E-state index contributed by atoms with van der Waals surface area (Å²) in [6, 6.07) is 11.7. The van der Waals surface area contributed by atoms with Crippen LogP contribution in [0.2, 0.25) is 0 Å². The first-order chi connectivity index (χ1) is 15.8. The van der Waals surface area contributed by atoms with Gasteiger partial charge in [-0.25, -0.2) is 4.79 Å². The Kier molecular flexibility index (Phi) is 6.65. The predicted molar refractivity (Wildman–Crippen MR) is 127 cm³/mol. The second-order valence-electron chi connectivity index (χ2n) is 8.85. The normalized spacial score (nSPS) is 18.4. The van der Waals surface area contributed by atoms with Crippen molar-refractivity contribution in [2.24, 2.45) is 5.92 Å². The summed E-state index contributed by atoms with van der Waals surface area (Å²) in [6.07, 6.45) is 2.49. The zero-order valence-electron chi connectivity index (χ0n) is 19.0. The van der Waals surface area contributed by atoms with Gasteiger partial charge < -0.3 is 25.5 Å². The average molecular weight is 451 g/mol. The Bertz CT molecular complexity index is 1040. The fraction of sp³-hybridized carbons (Fsp3) is 0.400. The Morgan fingerprint density at radius 2 is 1.76 bits per heavy atom. The largest absolute Gasteiger partial charge is 0.478 e. The molecule has 2 aliphatic heterocycles. The van der Waals surface area contributed by atoms with Gasteiger partial charge in [0.15, 0.2) is 0 Å². The van der Waals surface area contributed by atoms with Gasteiger partial charge in [-0.3, -0.25) is 9.59 Å². The third kappa shape index (κ3) is 4.85. The first kappa shape index (κ1) is 22.8. The molecule has 1 unspecified atom stereocenters. The lowest BCUT2D eigenvalue weighted by Gasteiger charge is -2.37. The number of aromatic carboxylic acids is 1. The number of piperidine rings is 1. The lowest BCUT2D eigenvalue weighted by atomic mass is 9.90. The Morgan fingerprint density at radius 1 is 1.06 bits per heavy atom. The molecular formula is C25H30N4O4. The monoisotopic (exact) mass is 450 g/mol. The van der Waals surface area contributed by atoms with Crippen LogP contribution in [0.25, 0.3) is 0 Å². The molecule has 4 rings (SSSR count). The Balaban J connectivity index is 1.49. The fourth-order valence-electron chi connectivity index (χ4n) is 4.76. The van der Waals surface area contributed by atoms with E-state index in [9.17, 15) is 14.4 Å². The van der Waals surface area contributed by atoms with E-state index in [1.165, 1.54) is 17.7 Å². The van der Waals surface area contributed by atoms with Crippen molar-refractivity contribution in [2.45, 2.75) is 25.3 Å². The van der Waals surface area contributed by atoms with Gasteiger partial charge in [0.25, 0.3) is 0 Å². The van der Waals surface area contributed by atoms with Crippen LogP contribution in [0, 0.1) is 5.92 Å². The third-order valence-corrected chi connectivity index (χ3v) is 6.51. The number of amides is 2. The molecule has 2 aromatic rings. The van der Waals surface area contributed by atoms with E-state index in [2.05, 4.69) is 21.6 Å². The number of carboxylic acids is 1. The van der Waals surface area contributed by atoms with Crippen molar-refractivity contribution in [2.75, 3.05) is 43.9 Å². The zero-order valence-corrected chi connectivity index (χ0v) is 19.0. The molecule has 3 N–H and O–H groups in total. The van der Waals surface area contributed by atoms with Gasteiger partial charge in [-0.05, 0) is 60.7 Å². The van der Waals surface area contributed by atoms with E-state index < -0.39 is 12.0 Å². The van der Waals surface area contributed by atoms with Gasteiger partial charge in [0, 0.05) is 51.0 Å². The minimum absolute atomic E-state index is 0.0727. The van der Waals surface area contributed by atoms with E-state index in [1.54, 1.807) is 31.1 Å². The number of nitrogens with zero attached hydrogens (tertiary/aromatic N) is 2. The van der Waals surface area contributed by atoms with Crippen molar-refractivity contribution in [3.63, 3.8) is 0 Å². The number of anilines is 2. The van der Waals surface area contributed by atoms with Crippen LogP contribution < -0.4 is 15.5 Å². The van der Waals surface area contributed by atoms with E-state index in [0.717, 1.165) is 43.6 Å². The van der Waals surface area contributed by atoms with Gasteiger partial charge in [0.05, 0.1) is 5.56 Å². The van der Waals surface area contributed by atoms with Crippen LogP contribution in [0.5, 0.6) is 0 Å². The summed E-state index contributed by atoms with van der Waals surface area (Å²) in [5.41, 5.74) is 4.02. The van der Waals surface area contributed by atoms with Crippen molar-refractivity contribution in [3.05, 3.63) is 59.2 Å². The van der Waals surface area contributed by atoms with Gasteiger partial charge in [-0.15, -0.1) is 0 Å². The van der Waals surface area contributed by atoms with Crippen LogP contribution >= 0.6 is 0 Å². The average Bonchev–Trinajstić information content (AvgIpc) is 2.83. The summed E-state index contributed by atoms with van der Waals surface area (Å²) in [4.78, 5) is 40.4. The SMILES string of the molecule is CN(C)C(=O)C1CCN(c2cccc3c2CCNC3C(=O)Nc2ccc(C(=O)O)cc2)CC1. The molecule has 1 saturated heterocycles. The molecule has 0 radical (unpaired) electrons. The van der Waals surface area contributed by atoms with Crippen molar-refractivity contribution >= 4 is 29.2 Å². The van der Waals surface area contributed by atoms with E-state index in [-0.39, 0.29) is 23.3 Å². The number of nitrogens with one attached hydrogen (secondary N) is 2. The highest BCUT2D eigenvalue weighted by Gasteiger charge is 2.31. The maximum Gasteiger partial charge on any atom is 0.335 e. The quantitative estimate of drug-likeness (QED) is 0.647. The van der Waals surface area contributed by atoms with E-state index in [0.29, 0.717) is 12.2 Å². The summed E-state index contributed by atoms with van der Waals surface area (Å²) >= 11 is 0. The van der Waals surface area contributed by atoms with Crippen molar-refractivity contribution in [3.8, 4) is 0 Å². The molecule has 1 fully saturated rings. The van der Waals surface area contributed by atoms with Gasteiger partial charge in [0.2, 0.25) is 11.8 Å². The molecule has 2 heterocycles. The molecule has 8 nitrogen and oxygen atoms in total. The second kappa shape index (κ2) is 9.62. The first-order valence-electron chi connectivity index (χ1n) is 11.3. The molecule has 2 amide bonds. The zero-order chi connectivity index (χ0) is 23.5. The van der Waals surface area contributed by atoms with Crippen molar-refractivity contribution < 1.29 is 19.5 Å². The van der Waals surface area contributed by atoms with Crippen LogP contribution in [0.3, 0.4) is 0 Å². The Morgan fingerprint density at radius 3 is 2.39 bits per heavy atom. The highest BCUT2D eigenvalue weighted by atomic mass is 16.4. The fourth-order valence-corrected chi connectivity index (χ4v) is 4.76. The lowest BCUT2D eigenvalue weighted by Crippen LogP contribution is -2.42. The number of carbonyl (C=O) groups excluding carboxylic acids is 2. The van der Waals surface area contributed by atoms with E-state index >= 15 is 0 Å². The molecule has 0 bridgehead atoms. The highest BCUT2D eigenvalue weighted by Crippen LogP contribution is 2.34. The van der Waals surface area contributed by atoms with Crippen LogP contribution in [0.4, 0.5) is 11.4 Å². The van der Waals surface area contributed by atoms with Crippen LogP contribution in [-0.2, 0) is 16.0 Å². The van der Waals surface area contributed by atoms with Crippen LogP contribution in [0.1, 0.15) is 40.4 Å². The maximum absolute atomic E-state index is 13.1. The smallest absolute Gasteiger partial charge is 0.335 e. The number of carboxylic acid groups (broad SMARTS) is 1. The van der Waals surface area contributed by atoms with Crippen LogP contribution in [0.15, 0.2) is 42.5 Å². The number of hydrogen-bond acceptors (Lipinski definition) is 5. The number of fused-ring (bicyclic) bond motifs is 1. The van der Waals surface area contributed by atoms with Crippen molar-refractivity contribution in [1.82, 2.24) is 10.2 Å². The molecule has 0 aliphatic carbocycles. The van der Waals surface area contributed by atoms with Gasteiger partial charge in [0.1, 0.15) is 6.04 Å². The number of hydrogen-bond donors (Lipinski definition) is 3. The number of benzene rings is 2. The molecule has 0 aromatic heterocycles. The number of carbonyl (C=O) groups is 3. The highest BCUT2D eigenvalue weighted by molar-refractivity contribution is 5.97. The number of rotatable bonds is 5. The predicted octanol–water partition coefficient (Wildman–Crippen LogP) is 2.51. The molecule has 2 aliphatic rings. The third-order valence-electron chi connectivity index (χ3n) is 6.51. The molecule has 0 saturated carbocycles. The molecule has 1 atom stereocenters. The summed E-state index contributed by atoms with van der Waals surface area (Å²) in [6.45, 7) is 2.33. The van der Waals surface area contributed by atoms with E-state index in [4.69, 9.17) is 5.11 Å². The first-order valence-corrected chi connectivity index (χ1v) is 11.3. The summed E-state index contributed by atoms with van der Waals surface area (Å²) < 4.78 is 0. The van der Waals surface area contributed by atoms with Gasteiger partial charge >= 0.3 is 5.97 Å². The lowest BCUT2D eigenvalue weighted by molar-refractivity contribution is -0.133. The molecular weight excluding hydrogens is 420 g/mol. The molecule has 2 aromatic carbocycles. The molecule has 0 spiro atoms. The molecule has 33 heavy (non-hydrogen) atoms. The maximum atomic E-state index is 13.1. The van der Waals surface area contributed by atoms with Gasteiger partial charge in [-0.1, -0.05) is 12.1 Å². The van der Waals surface area contributed by atoms with Gasteiger partial charge in [-0.2, -0.15) is 0 Å².